The molecule has 1 atom stereocenters. The van der Waals surface area contributed by atoms with Gasteiger partial charge in [-0.3, -0.25) is 14.4 Å². The van der Waals surface area contributed by atoms with Gasteiger partial charge in [-0.1, -0.05) is 12.1 Å². The van der Waals surface area contributed by atoms with Crippen LogP contribution in [0.15, 0.2) is 28.8 Å². The summed E-state index contributed by atoms with van der Waals surface area (Å²) in [5.74, 6) is -0.551. The lowest BCUT2D eigenvalue weighted by molar-refractivity contribution is -0.138. The van der Waals surface area contributed by atoms with Gasteiger partial charge in [0.15, 0.2) is 5.82 Å². The number of aromatic nitrogens is 2. The number of carboxylic acids is 1. The Morgan fingerprint density at radius 3 is 2.54 bits per heavy atom. The molecule has 1 unspecified atom stereocenters. The lowest BCUT2D eigenvalue weighted by Crippen LogP contribution is -2.38. The lowest BCUT2D eigenvalue weighted by atomic mass is 10.1. The molecule has 1 aromatic heterocycles. The highest BCUT2D eigenvalue weighted by Gasteiger charge is 2.15. The lowest BCUT2D eigenvalue weighted by Gasteiger charge is -2.10. The number of nitrogens with zero attached hydrogens (tertiary/aromatic N) is 2. The monoisotopic (exact) mass is 388 g/mol. The molecule has 0 aliphatic heterocycles. The molecule has 2 rings (SSSR count). The van der Waals surface area contributed by atoms with E-state index in [0.29, 0.717) is 42.2 Å². The van der Waals surface area contributed by atoms with Crippen molar-refractivity contribution in [1.82, 2.24) is 15.5 Å². The second-order valence-corrected chi connectivity index (χ2v) is 6.37. The minimum Gasteiger partial charge on any atom is -0.480 e. The number of hydrogen-bond acceptors (Lipinski definition) is 6. The van der Waals surface area contributed by atoms with Gasteiger partial charge < -0.3 is 20.3 Å². The van der Waals surface area contributed by atoms with Crippen LogP contribution in [0.25, 0.3) is 0 Å². The summed E-state index contributed by atoms with van der Waals surface area (Å²) in [5.41, 5.74) is 0.862. The average molecular weight is 388 g/mol. The van der Waals surface area contributed by atoms with Crippen molar-refractivity contribution in [3.63, 3.8) is 0 Å². The van der Waals surface area contributed by atoms with Gasteiger partial charge in [-0.2, -0.15) is 4.98 Å². The molecule has 28 heavy (non-hydrogen) atoms. The topological polar surface area (TPSA) is 134 Å². The van der Waals surface area contributed by atoms with Crippen molar-refractivity contribution in [3.05, 3.63) is 41.5 Å². The normalized spacial score (nSPS) is 11.6. The first-order chi connectivity index (χ1) is 13.4. The molecule has 0 saturated carbocycles. The van der Waals surface area contributed by atoms with Crippen LogP contribution in [-0.4, -0.2) is 39.1 Å². The average Bonchev–Trinajstić information content (AvgIpc) is 3.10. The van der Waals surface area contributed by atoms with Crippen LogP contribution in [0, 0.1) is 0 Å². The number of nitrogens with one attached hydrogen (secondary N) is 2. The summed E-state index contributed by atoms with van der Waals surface area (Å²) in [6.45, 7) is 3.42. The van der Waals surface area contributed by atoms with Gasteiger partial charge in [-0.25, -0.2) is 0 Å². The van der Waals surface area contributed by atoms with Gasteiger partial charge in [0, 0.05) is 30.5 Å². The smallest absolute Gasteiger partial charge is 0.325 e. The fourth-order valence-electron chi connectivity index (χ4n) is 2.39. The molecule has 1 heterocycles. The second-order valence-electron chi connectivity index (χ2n) is 6.37. The number of anilines is 1. The number of amides is 2. The first-order valence-electron chi connectivity index (χ1n) is 9.14. The zero-order valence-electron chi connectivity index (χ0n) is 15.9. The van der Waals surface area contributed by atoms with Crippen molar-refractivity contribution < 1.29 is 24.0 Å². The molecule has 1 aromatic carbocycles. The number of hydrogen-bond donors (Lipinski definition) is 3. The molecule has 0 spiro atoms. The van der Waals surface area contributed by atoms with Crippen LogP contribution >= 0.6 is 0 Å². The van der Waals surface area contributed by atoms with Crippen molar-refractivity contribution in [1.29, 1.82) is 0 Å². The number of benzene rings is 1. The third-order valence-electron chi connectivity index (χ3n) is 3.93. The summed E-state index contributed by atoms with van der Waals surface area (Å²) in [4.78, 5) is 39.0. The third-order valence-corrected chi connectivity index (χ3v) is 3.93. The molecule has 3 N–H and O–H groups in total. The molecule has 0 fully saturated rings. The molecule has 150 valence electrons. The van der Waals surface area contributed by atoms with Crippen molar-refractivity contribution in [2.75, 3.05) is 5.32 Å². The fourth-order valence-corrected chi connectivity index (χ4v) is 2.39. The molecular weight excluding hydrogens is 364 g/mol. The van der Waals surface area contributed by atoms with E-state index in [9.17, 15) is 14.4 Å². The quantitative estimate of drug-likeness (QED) is 0.568. The van der Waals surface area contributed by atoms with Crippen LogP contribution < -0.4 is 10.6 Å². The summed E-state index contributed by atoms with van der Waals surface area (Å²) >= 11 is 0. The van der Waals surface area contributed by atoms with E-state index in [2.05, 4.69) is 20.8 Å². The Balaban J connectivity index is 1.77. The number of rotatable bonds is 10. The van der Waals surface area contributed by atoms with E-state index in [1.165, 1.54) is 19.1 Å². The molecule has 0 aliphatic rings. The van der Waals surface area contributed by atoms with Crippen molar-refractivity contribution in [2.45, 2.75) is 52.0 Å². The molecule has 9 nitrogen and oxygen atoms in total. The molecule has 0 radical (unpaired) electrons. The Bertz CT molecular complexity index is 816. The summed E-state index contributed by atoms with van der Waals surface area (Å²) in [6, 6.07) is 5.24. The minimum absolute atomic E-state index is 0.162. The maximum absolute atomic E-state index is 12.0. The fraction of sp³-hybridized carbons (Fsp3) is 0.421. The van der Waals surface area contributed by atoms with Crippen LogP contribution in [0.3, 0.4) is 0 Å². The first kappa shape index (κ1) is 21.1. The van der Waals surface area contributed by atoms with Gasteiger partial charge in [0.1, 0.15) is 6.04 Å². The minimum atomic E-state index is -1.11. The highest BCUT2D eigenvalue weighted by atomic mass is 16.5. The van der Waals surface area contributed by atoms with Gasteiger partial charge in [0.2, 0.25) is 11.8 Å². The highest BCUT2D eigenvalue weighted by Crippen LogP contribution is 2.11. The number of aliphatic carboxylic acids is 1. The Hall–Kier alpha value is -3.23. The summed E-state index contributed by atoms with van der Waals surface area (Å²) in [6.07, 6.45) is 3.12. The van der Waals surface area contributed by atoms with Crippen LogP contribution in [0.2, 0.25) is 0 Å². The third kappa shape index (κ3) is 6.49. The number of carboxylic acid groups (broad SMARTS) is 1. The molecule has 0 bridgehead atoms. The van der Waals surface area contributed by atoms with Crippen molar-refractivity contribution in [3.8, 4) is 0 Å². The predicted octanol–water partition coefficient (Wildman–Crippen LogP) is 2.19. The highest BCUT2D eigenvalue weighted by molar-refractivity contribution is 5.97. The standard InChI is InChI=1S/C19H24N4O5/c1-3-5-15-22-17(28-23-15)7-4-6-16(24)21-14-10-8-13(9-11-14)18(25)20-12(2)19(26)27/h8-12H,3-7H2,1-2H3,(H,20,25)(H,21,24)(H,26,27). The summed E-state index contributed by atoms with van der Waals surface area (Å²) in [7, 11) is 0. The van der Waals surface area contributed by atoms with E-state index in [1.54, 1.807) is 12.1 Å². The van der Waals surface area contributed by atoms with Crippen molar-refractivity contribution >= 4 is 23.5 Å². The van der Waals surface area contributed by atoms with Crippen LogP contribution in [-0.2, 0) is 22.4 Å². The first-order valence-corrected chi connectivity index (χ1v) is 9.14. The largest absolute Gasteiger partial charge is 0.480 e. The SMILES string of the molecule is CCCc1noc(CCCC(=O)Nc2ccc(C(=O)NC(C)C(=O)O)cc2)n1. The van der Waals surface area contributed by atoms with Crippen LogP contribution in [0.5, 0.6) is 0 Å². The zero-order valence-corrected chi connectivity index (χ0v) is 15.9. The number of carbonyl (C=O) groups is 3. The van der Waals surface area contributed by atoms with Crippen LogP contribution in [0.4, 0.5) is 5.69 Å². The molecular formula is C19H24N4O5. The predicted molar refractivity (Wildman–Crippen MR) is 101 cm³/mol. The maximum atomic E-state index is 12.0. The van der Waals surface area contributed by atoms with E-state index >= 15 is 0 Å². The van der Waals surface area contributed by atoms with Gasteiger partial charge in [0.05, 0.1) is 0 Å². The van der Waals surface area contributed by atoms with Gasteiger partial charge in [-0.05, 0) is 44.0 Å². The Labute approximate surface area is 162 Å². The molecule has 9 heteroatoms. The second kappa shape index (κ2) is 10.2. The number of carbonyl (C=O) groups excluding carboxylic acids is 2. The van der Waals surface area contributed by atoms with Gasteiger partial charge in [0.25, 0.3) is 5.91 Å². The Morgan fingerprint density at radius 2 is 1.89 bits per heavy atom. The molecule has 2 aromatic rings. The van der Waals surface area contributed by atoms with Gasteiger partial charge in [-0.15, -0.1) is 0 Å². The molecule has 0 aliphatic carbocycles. The van der Waals surface area contributed by atoms with E-state index < -0.39 is 17.9 Å². The summed E-state index contributed by atoms with van der Waals surface area (Å²) < 4.78 is 5.13. The molecule has 2 amide bonds. The summed E-state index contributed by atoms with van der Waals surface area (Å²) in [5, 5.41) is 17.8. The maximum Gasteiger partial charge on any atom is 0.325 e. The van der Waals surface area contributed by atoms with Gasteiger partial charge >= 0.3 is 5.97 Å². The van der Waals surface area contributed by atoms with E-state index in [4.69, 9.17) is 9.63 Å². The van der Waals surface area contributed by atoms with Crippen molar-refractivity contribution in [2.24, 2.45) is 0 Å². The molecule has 0 saturated heterocycles. The van der Waals surface area contributed by atoms with E-state index in [0.717, 1.165) is 12.8 Å². The van der Waals surface area contributed by atoms with E-state index in [1.807, 2.05) is 6.92 Å². The Morgan fingerprint density at radius 1 is 1.18 bits per heavy atom. The van der Waals surface area contributed by atoms with Crippen LogP contribution in [0.1, 0.15) is 55.2 Å². The zero-order chi connectivity index (χ0) is 20.5. The number of aryl methyl sites for hydroxylation is 2. The Kier molecular flexibility index (Phi) is 7.67. The van der Waals surface area contributed by atoms with E-state index in [-0.39, 0.29) is 5.91 Å².